The first-order valence-electron chi connectivity index (χ1n) is 16.1. The van der Waals surface area contributed by atoms with Crippen LogP contribution in [0.3, 0.4) is 0 Å². The van der Waals surface area contributed by atoms with Gasteiger partial charge in [-0.2, -0.15) is 0 Å². The number of nitrogens with one attached hydrogen (secondary N) is 1. The van der Waals surface area contributed by atoms with Crippen molar-refractivity contribution in [2.75, 3.05) is 16.8 Å². The molecule has 0 radical (unpaired) electrons. The molecule has 49 heavy (non-hydrogen) atoms. The lowest BCUT2D eigenvalue weighted by atomic mass is 9.98. The Labute approximate surface area is 284 Å². The maximum absolute atomic E-state index is 13.4. The zero-order valence-corrected chi connectivity index (χ0v) is 27.1. The zero-order chi connectivity index (χ0) is 34.5. The van der Waals surface area contributed by atoms with Crippen molar-refractivity contribution >= 4 is 51.0 Å². The van der Waals surface area contributed by atoms with Crippen molar-refractivity contribution in [1.82, 2.24) is 0 Å². The zero-order valence-electron chi connectivity index (χ0n) is 27.1. The number of carboxylic acids is 2. The number of benzene rings is 6. The summed E-state index contributed by atoms with van der Waals surface area (Å²) in [5.74, 6) is -2.06. The largest absolute Gasteiger partial charge is 0.480 e. The average Bonchev–Trinajstić information content (AvgIpc) is 3.44. The second kappa shape index (κ2) is 14.3. The molecule has 0 spiro atoms. The number of aliphatic carboxylic acids is 2. The van der Waals surface area contributed by atoms with Gasteiger partial charge in [0, 0.05) is 22.4 Å². The topological polar surface area (TPSA) is 116 Å². The van der Waals surface area contributed by atoms with Gasteiger partial charge in [0.05, 0.1) is 5.69 Å². The van der Waals surface area contributed by atoms with Crippen LogP contribution < -0.4 is 10.2 Å². The summed E-state index contributed by atoms with van der Waals surface area (Å²) in [6.07, 6.45) is -0.678. The normalized spacial score (nSPS) is 12.9. The number of carbonyl (C=O) groups excluding carboxylic acids is 1. The predicted octanol–water partition coefficient (Wildman–Crippen LogP) is 8.79. The van der Waals surface area contributed by atoms with Crippen LogP contribution >= 0.6 is 0 Å². The van der Waals surface area contributed by atoms with Crippen LogP contribution in [0, 0.1) is 0 Å². The summed E-state index contributed by atoms with van der Waals surface area (Å²) >= 11 is 0. The van der Waals surface area contributed by atoms with Crippen LogP contribution in [0.4, 0.5) is 16.2 Å². The van der Waals surface area contributed by atoms with Gasteiger partial charge in [-0.25, -0.2) is 9.59 Å². The highest BCUT2D eigenvalue weighted by Crippen LogP contribution is 2.44. The minimum absolute atomic E-state index is 0.101. The molecule has 0 fully saturated rings. The van der Waals surface area contributed by atoms with Crippen molar-refractivity contribution in [3.63, 3.8) is 0 Å². The quantitative estimate of drug-likeness (QED) is 0.150. The molecule has 1 amide bonds. The van der Waals surface area contributed by atoms with Crippen LogP contribution in [0.1, 0.15) is 30.9 Å². The van der Waals surface area contributed by atoms with Gasteiger partial charge in [-0.3, -0.25) is 9.69 Å². The molecule has 3 N–H and O–H groups in total. The third-order valence-electron chi connectivity index (χ3n) is 8.84. The second-order valence-corrected chi connectivity index (χ2v) is 11.9. The molecule has 246 valence electrons. The Morgan fingerprint density at radius 3 is 1.78 bits per heavy atom. The van der Waals surface area contributed by atoms with Crippen LogP contribution in [0.2, 0.25) is 0 Å². The van der Waals surface area contributed by atoms with Crippen molar-refractivity contribution in [1.29, 1.82) is 0 Å². The monoisotopic (exact) mass is 652 g/mol. The summed E-state index contributed by atoms with van der Waals surface area (Å²) in [5, 5.41) is 25.4. The van der Waals surface area contributed by atoms with Gasteiger partial charge in [0.15, 0.2) is 0 Å². The van der Waals surface area contributed by atoms with E-state index < -0.39 is 30.1 Å². The number of anilines is 2. The van der Waals surface area contributed by atoms with Crippen LogP contribution in [0.5, 0.6) is 0 Å². The van der Waals surface area contributed by atoms with Gasteiger partial charge in [-0.15, -0.1) is 0 Å². The average molecular weight is 653 g/mol. The van der Waals surface area contributed by atoms with Gasteiger partial charge in [-0.1, -0.05) is 121 Å². The third kappa shape index (κ3) is 6.80. The van der Waals surface area contributed by atoms with Gasteiger partial charge < -0.3 is 20.3 Å². The summed E-state index contributed by atoms with van der Waals surface area (Å²) in [6.45, 7) is 3.25. The molecule has 0 bridgehead atoms. The fraction of sp³-hybridized carbons (Fsp3) is 0.146. The molecule has 0 aliphatic heterocycles. The third-order valence-corrected chi connectivity index (χ3v) is 8.84. The Bertz CT molecular complexity index is 2110. The number of rotatable bonds is 8. The van der Waals surface area contributed by atoms with Crippen LogP contribution in [-0.2, 0) is 14.3 Å². The smallest absolute Gasteiger partial charge is 0.415 e. The molecular weight excluding hydrogens is 616 g/mol. The predicted molar refractivity (Wildman–Crippen MR) is 193 cm³/mol. The molecule has 8 nitrogen and oxygen atoms in total. The van der Waals surface area contributed by atoms with Gasteiger partial charge in [-0.05, 0) is 59.0 Å². The Morgan fingerprint density at radius 1 is 0.653 bits per heavy atom. The number of carboxylic acid groups (broad SMARTS) is 2. The lowest BCUT2D eigenvalue weighted by molar-refractivity contribution is -0.138. The lowest BCUT2D eigenvalue weighted by Gasteiger charge is -2.28. The van der Waals surface area contributed by atoms with E-state index in [0.717, 1.165) is 49.5 Å². The fourth-order valence-electron chi connectivity index (χ4n) is 6.30. The molecule has 0 heterocycles. The van der Waals surface area contributed by atoms with E-state index in [1.807, 2.05) is 103 Å². The maximum Gasteiger partial charge on any atom is 0.415 e. The van der Waals surface area contributed by atoms with E-state index in [1.54, 1.807) is 13.0 Å². The van der Waals surface area contributed by atoms with E-state index >= 15 is 0 Å². The lowest BCUT2D eigenvalue weighted by Crippen LogP contribution is -2.44. The molecule has 0 saturated carbocycles. The van der Waals surface area contributed by atoms with Crippen molar-refractivity contribution in [3.8, 4) is 11.1 Å². The Morgan fingerprint density at radius 2 is 1.16 bits per heavy atom. The Balaban J connectivity index is 0.000000218. The Kier molecular flexibility index (Phi) is 9.57. The van der Waals surface area contributed by atoms with E-state index in [-0.39, 0.29) is 12.5 Å². The molecular formula is C41H36N2O6. The van der Waals surface area contributed by atoms with E-state index in [0.29, 0.717) is 5.69 Å². The summed E-state index contributed by atoms with van der Waals surface area (Å²) in [5.41, 5.74) is 5.86. The maximum atomic E-state index is 13.4. The SMILES string of the molecule is C[C@@H](C(=O)O)N(C(=O)OCC1c2ccccc2-c2ccccc21)c1cccc2ccccc12.C[C@H](Nc1cccc2ccccc12)C(=O)O. The molecule has 1 aliphatic rings. The molecule has 1 aliphatic carbocycles. The van der Waals surface area contributed by atoms with Crippen molar-refractivity contribution < 1.29 is 29.3 Å². The number of nitrogens with zero attached hydrogens (tertiary/aromatic N) is 1. The van der Waals surface area contributed by atoms with Crippen LogP contribution in [-0.4, -0.2) is 46.9 Å². The summed E-state index contributed by atoms with van der Waals surface area (Å²) in [6, 6.07) is 41.3. The number of hydrogen-bond acceptors (Lipinski definition) is 5. The molecule has 0 saturated heterocycles. The number of carbonyl (C=O) groups is 3. The molecule has 2 atom stereocenters. The van der Waals surface area contributed by atoms with E-state index in [1.165, 1.54) is 11.8 Å². The summed E-state index contributed by atoms with van der Waals surface area (Å²) < 4.78 is 5.80. The van der Waals surface area contributed by atoms with Crippen LogP contribution in [0.15, 0.2) is 133 Å². The highest BCUT2D eigenvalue weighted by molar-refractivity contribution is 6.04. The summed E-state index contributed by atoms with van der Waals surface area (Å²) in [4.78, 5) is 37.3. The molecule has 0 unspecified atom stereocenters. The fourth-order valence-corrected chi connectivity index (χ4v) is 6.30. The first kappa shape index (κ1) is 32.8. The van der Waals surface area contributed by atoms with E-state index in [4.69, 9.17) is 9.84 Å². The number of amides is 1. The molecule has 7 rings (SSSR count). The standard InChI is InChI=1S/C28H23NO4.C13H13NO2/c1-18(27(30)31)29(26-16-8-10-19-9-2-3-11-20(19)26)28(32)33-17-25-23-14-6-4-12-21(23)22-13-5-7-15-24(22)25;1-9(13(15)16)14-12-8-4-6-10-5-2-3-7-11(10)12/h2-16,18,25H,17H2,1H3,(H,30,31);2-9,14H,1H3,(H,15,16)/t18-;9-/m00/s1. The number of ether oxygens (including phenoxy) is 1. The van der Waals surface area contributed by atoms with Gasteiger partial charge in [0.25, 0.3) is 0 Å². The van der Waals surface area contributed by atoms with E-state index in [9.17, 15) is 19.5 Å². The van der Waals surface area contributed by atoms with Crippen molar-refractivity contribution in [2.24, 2.45) is 0 Å². The first-order chi connectivity index (χ1) is 23.7. The second-order valence-electron chi connectivity index (χ2n) is 11.9. The molecule has 8 heteroatoms. The highest BCUT2D eigenvalue weighted by atomic mass is 16.6. The van der Waals surface area contributed by atoms with Gasteiger partial charge in [0.2, 0.25) is 0 Å². The van der Waals surface area contributed by atoms with Crippen molar-refractivity contribution in [3.05, 3.63) is 145 Å². The molecule has 6 aromatic carbocycles. The Hall–Kier alpha value is -6.15. The van der Waals surface area contributed by atoms with Gasteiger partial charge in [0.1, 0.15) is 18.7 Å². The molecule has 0 aromatic heterocycles. The van der Waals surface area contributed by atoms with Gasteiger partial charge >= 0.3 is 18.0 Å². The first-order valence-corrected chi connectivity index (χ1v) is 16.1. The minimum Gasteiger partial charge on any atom is -0.480 e. The number of hydrogen-bond donors (Lipinski definition) is 3. The number of fused-ring (bicyclic) bond motifs is 5. The van der Waals surface area contributed by atoms with E-state index in [2.05, 4.69) is 29.6 Å². The van der Waals surface area contributed by atoms with Crippen molar-refractivity contribution in [2.45, 2.75) is 31.8 Å². The molecule has 6 aromatic rings. The summed E-state index contributed by atoms with van der Waals surface area (Å²) in [7, 11) is 0. The minimum atomic E-state index is -1.10. The van der Waals surface area contributed by atoms with Crippen LogP contribution in [0.25, 0.3) is 32.7 Å². The highest BCUT2D eigenvalue weighted by Gasteiger charge is 2.33.